The molecule has 0 fully saturated rings. The summed E-state index contributed by atoms with van der Waals surface area (Å²) in [5.74, 6) is 0.231. The zero-order valence-corrected chi connectivity index (χ0v) is 11.6. The summed E-state index contributed by atoms with van der Waals surface area (Å²) in [4.78, 5) is 14.0. The number of rotatable bonds is 6. The second-order valence-electron chi connectivity index (χ2n) is 4.96. The van der Waals surface area contributed by atoms with Crippen molar-refractivity contribution in [1.82, 2.24) is 4.90 Å². The highest BCUT2D eigenvalue weighted by Gasteiger charge is 2.16. The van der Waals surface area contributed by atoms with E-state index in [9.17, 15) is 4.79 Å². The number of nitrogens with two attached hydrogens (primary N) is 1. The Bertz CT molecular complexity index is 388. The van der Waals surface area contributed by atoms with Gasteiger partial charge < -0.3 is 10.6 Å². The van der Waals surface area contributed by atoms with Gasteiger partial charge in [0.05, 0.1) is 0 Å². The molecule has 0 saturated carbocycles. The van der Waals surface area contributed by atoms with Crippen LogP contribution < -0.4 is 5.73 Å². The van der Waals surface area contributed by atoms with E-state index in [2.05, 4.69) is 20.8 Å². The molecule has 3 heteroatoms. The van der Waals surface area contributed by atoms with Gasteiger partial charge in [-0.25, -0.2) is 0 Å². The minimum absolute atomic E-state index is 0.218. The summed E-state index contributed by atoms with van der Waals surface area (Å²) in [6.07, 6.45) is 2.64. The predicted octanol–water partition coefficient (Wildman–Crippen LogP) is 3.20. The van der Waals surface area contributed by atoms with Crippen LogP contribution in [0.2, 0.25) is 0 Å². The smallest absolute Gasteiger partial charge is 0.223 e. The van der Waals surface area contributed by atoms with Gasteiger partial charge in [0, 0.05) is 24.7 Å². The summed E-state index contributed by atoms with van der Waals surface area (Å²) in [7, 11) is 0. The molecule has 0 spiro atoms. The van der Waals surface area contributed by atoms with E-state index < -0.39 is 0 Å². The normalized spacial score (nSPS) is 10.7. The van der Waals surface area contributed by atoms with E-state index in [1.807, 2.05) is 29.2 Å². The van der Waals surface area contributed by atoms with E-state index in [4.69, 9.17) is 5.73 Å². The molecular weight excluding hydrogens is 224 g/mol. The maximum Gasteiger partial charge on any atom is 0.223 e. The van der Waals surface area contributed by atoms with Crippen molar-refractivity contribution in [3.8, 4) is 0 Å². The molecule has 0 heterocycles. The molecule has 3 nitrogen and oxygen atoms in total. The molecule has 18 heavy (non-hydrogen) atoms. The second kappa shape index (κ2) is 7.04. The topological polar surface area (TPSA) is 46.3 Å². The molecule has 2 N–H and O–H groups in total. The van der Waals surface area contributed by atoms with Gasteiger partial charge in [-0.1, -0.05) is 25.5 Å². The lowest BCUT2D eigenvalue weighted by atomic mass is 10.1. The SMILES string of the molecule is CCCCC(=O)N(Cc1cccc(N)c1)C(C)C. The standard InChI is InChI=1S/C15H24N2O/c1-4-5-9-15(18)17(12(2)3)11-13-7-6-8-14(16)10-13/h6-8,10,12H,4-5,9,11,16H2,1-3H3. The molecule has 0 aliphatic rings. The van der Waals surface area contributed by atoms with Crippen molar-refractivity contribution in [2.45, 2.75) is 52.6 Å². The van der Waals surface area contributed by atoms with Gasteiger partial charge in [0.1, 0.15) is 0 Å². The molecule has 1 rings (SSSR count). The van der Waals surface area contributed by atoms with Gasteiger partial charge in [0.15, 0.2) is 0 Å². The number of nitrogen functional groups attached to an aromatic ring is 1. The molecule has 1 aromatic carbocycles. The lowest BCUT2D eigenvalue weighted by molar-refractivity contribution is -0.133. The average Bonchev–Trinajstić information content (AvgIpc) is 2.32. The first-order valence-electron chi connectivity index (χ1n) is 6.68. The maximum absolute atomic E-state index is 12.1. The van der Waals surface area contributed by atoms with Gasteiger partial charge in [-0.15, -0.1) is 0 Å². The minimum Gasteiger partial charge on any atom is -0.399 e. The summed E-state index contributed by atoms with van der Waals surface area (Å²) in [5.41, 5.74) is 7.60. The Hall–Kier alpha value is -1.51. The Morgan fingerprint density at radius 1 is 1.39 bits per heavy atom. The first kappa shape index (κ1) is 14.6. The molecular formula is C15H24N2O. The van der Waals surface area contributed by atoms with Crippen molar-refractivity contribution in [1.29, 1.82) is 0 Å². The molecule has 0 radical (unpaired) electrons. The summed E-state index contributed by atoms with van der Waals surface area (Å²) in [6, 6.07) is 7.96. The van der Waals surface area contributed by atoms with Crippen LogP contribution in [0.1, 0.15) is 45.6 Å². The number of benzene rings is 1. The van der Waals surface area contributed by atoms with Crippen LogP contribution in [0.5, 0.6) is 0 Å². The van der Waals surface area contributed by atoms with E-state index in [-0.39, 0.29) is 11.9 Å². The fourth-order valence-corrected chi connectivity index (χ4v) is 1.92. The van der Waals surface area contributed by atoms with E-state index in [0.29, 0.717) is 13.0 Å². The summed E-state index contributed by atoms with van der Waals surface area (Å²) in [5, 5.41) is 0. The number of amides is 1. The number of nitrogens with zero attached hydrogens (tertiary/aromatic N) is 1. The van der Waals surface area contributed by atoms with Crippen molar-refractivity contribution in [3.05, 3.63) is 29.8 Å². The van der Waals surface area contributed by atoms with Gasteiger partial charge in [0.25, 0.3) is 0 Å². The number of hydrogen-bond acceptors (Lipinski definition) is 2. The zero-order chi connectivity index (χ0) is 13.5. The Morgan fingerprint density at radius 3 is 2.67 bits per heavy atom. The predicted molar refractivity (Wildman–Crippen MR) is 76.1 cm³/mol. The highest BCUT2D eigenvalue weighted by atomic mass is 16.2. The fraction of sp³-hybridized carbons (Fsp3) is 0.533. The quantitative estimate of drug-likeness (QED) is 0.786. The highest BCUT2D eigenvalue weighted by Crippen LogP contribution is 2.13. The van der Waals surface area contributed by atoms with Crippen LogP contribution in [-0.2, 0) is 11.3 Å². The van der Waals surface area contributed by atoms with Gasteiger partial charge in [-0.3, -0.25) is 4.79 Å². The first-order valence-corrected chi connectivity index (χ1v) is 6.68. The number of carbonyl (C=O) groups is 1. The molecule has 0 aliphatic heterocycles. The lowest BCUT2D eigenvalue weighted by Gasteiger charge is -2.27. The maximum atomic E-state index is 12.1. The Labute approximate surface area is 110 Å². The van der Waals surface area contributed by atoms with Gasteiger partial charge >= 0.3 is 0 Å². The second-order valence-corrected chi connectivity index (χ2v) is 4.96. The highest BCUT2D eigenvalue weighted by molar-refractivity contribution is 5.76. The number of hydrogen-bond donors (Lipinski definition) is 1. The van der Waals surface area contributed by atoms with Crippen LogP contribution in [0.3, 0.4) is 0 Å². The molecule has 0 bridgehead atoms. The monoisotopic (exact) mass is 248 g/mol. The van der Waals surface area contributed by atoms with E-state index in [1.54, 1.807) is 0 Å². The van der Waals surface area contributed by atoms with E-state index >= 15 is 0 Å². The third-order valence-electron chi connectivity index (χ3n) is 2.99. The summed E-state index contributed by atoms with van der Waals surface area (Å²) in [6.45, 7) is 6.85. The third-order valence-corrected chi connectivity index (χ3v) is 2.99. The van der Waals surface area contributed by atoms with Crippen molar-refractivity contribution >= 4 is 11.6 Å². The Morgan fingerprint density at radius 2 is 2.11 bits per heavy atom. The van der Waals surface area contributed by atoms with Crippen LogP contribution in [0.15, 0.2) is 24.3 Å². The van der Waals surface area contributed by atoms with E-state index in [0.717, 1.165) is 24.1 Å². The van der Waals surface area contributed by atoms with Crippen LogP contribution in [0.25, 0.3) is 0 Å². The van der Waals surface area contributed by atoms with Crippen LogP contribution in [0, 0.1) is 0 Å². The summed E-state index contributed by atoms with van der Waals surface area (Å²) >= 11 is 0. The molecule has 0 aliphatic carbocycles. The molecule has 0 atom stereocenters. The Balaban J connectivity index is 2.71. The van der Waals surface area contributed by atoms with Crippen LogP contribution >= 0.6 is 0 Å². The minimum atomic E-state index is 0.218. The lowest BCUT2D eigenvalue weighted by Crippen LogP contribution is -2.36. The molecule has 0 unspecified atom stereocenters. The molecule has 1 aromatic rings. The fourth-order valence-electron chi connectivity index (χ4n) is 1.92. The Kier molecular flexibility index (Phi) is 5.69. The first-order chi connectivity index (χ1) is 8.54. The molecule has 100 valence electrons. The van der Waals surface area contributed by atoms with Gasteiger partial charge in [-0.05, 0) is 38.0 Å². The van der Waals surface area contributed by atoms with Crippen LogP contribution in [0.4, 0.5) is 5.69 Å². The van der Waals surface area contributed by atoms with Gasteiger partial charge in [-0.2, -0.15) is 0 Å². The summed E-state index contributed by atoms with van der Waals surface area (Å²) < 4.78 is 0. The van der Waals surface area contributed by atoms with Gasteiger partial charge in [0.2, 0.25) is 5.91 Å². The number of carbonyl (C=O) groups excluding carboxylic acids is 1. The molecule has 0 aromatic heterocycles. The van der Waals surface area contributed by atoms with Crippen molar-refractivity contribution in [2.75, 3.05) is 5.73 Å². The number of anilines is 1. The molecule has 1 amide bonds. The van der Waals surface area contributed by atoms with Crippen LogP contribution in [-0.4, -0.2) is 16.8 Å². The average molecular weight is 248 g/mol. The van der Waals surface area contributed by atoms with Crippen molar-refractivity contribution in [2.24, 2.45) is 0 Å². The molecule has 0 saturated heterocycles. The van der Waals surface area contributed by atoms with E-state index in [1.165, 1.54) is 0 Å². The zero-order valence-electron chi connectivity index (χ0n) is 11.6. The number of unbranched alkanes of at least 4 members (excludes halogenated alkanes) is 1. The largest absolute Gasteiger partial charge is 0.399 e. The van der Waals surface area contributed by atoms with Crippen molar-refractivity contribution < 1.29 is 4.79 Å². The third kappa shape index (κ3) is 4.40. The van der Waals surface area contributed by atoms with Crippen molar-refractivity contribution in [3.63, 3.8) is 0 Å².